The Balaban J connectivity index is 1.86. The van der Waals surface area contributed by atoms with Gasteiger partial charge in [-0.2, -0.15) is 0 Å². The van der Waals surface area contributed by atoms with E-state index in [1.807, 2.05) is 55.0 Å². The van der Waals surface area contributed by atoms with Crippen LogP contribution in [0.1, 0.15) is 34.2 Å². The van der Waals surface area contributed by atoms with E-state index in [0.29, 0.717) is 5.82 Å². The molecule has 7 heteroatoms. The van der Waals surface area contributed by atoms with Crippen LogP contribution in [0.3, 0.4) is 0 Å². The highest BCUT2D eigenvalue weighted by atomic mass is 16.2. The van der Waals surface area contributed by atoms with Gasteiger partial charge in [0.05, 0.1) is 5.69 Å². The van der Waals surface area contributed by atoms with Crippen LogP contribution in [0, 0.1) is 0 Å². The molecule has 0 aliphatic carbocycles. The molecule has 2 amide bonds. The Morgan fingerprint density at radius 1 is 0.750 bits per heavy atom. The molecule has 0 saturated carbocycles. The molecule has 1 unspecified atom stereocenters. The van der Waals surface area contributed by atoms with Crippen molar-refractivity contribution in [2.45, 2.75) is 11.8 Å². The van der Waals surface area contributed by atoms with E-state index in [2.05, 4.69) is 32.4 Å². The second-order valence-corrected chi connectivity index (χ2v) is 7.59. The van der Waals surface area contributed by atoms with Crippen molar-refractivity contribution in [3.63, 3.8) is 0 Å². The van der Waals surface area contributed by atoms with Gasteiger partial charge in [0.2, 0.25) is 0 Å². The number of amides is 2. The number of nitrogens with zero attached hydrogens (tertiary/aromatic N) is 5. The van der Waals surface area contributed by atoms with Gasteiger partial charge in [0.25, 0.3) is 0 Å². The number of rotatable bonds is 6. The van der Waals surface area contributed by atoms with Crippen molar-refractivity contribution >= 4 is 11.8 Å². The summed E-state index contributed by atoms with van der Waals surface area (Å²) in [6, 6.07) is 17.4. The zero-order chi connectivity index (χ0) is 22.3. The summed E-state index contributed by atoms with van der Waals surface area (Å²) in [7, 11) is 3.39. The van der Waals surface area contributed by atoms with Crippen LogP contribution in [-0.4, -0.2) is 45.0 Å². The fourth-order valence-corrected chi connectivity index (χ4v) is 3.71. The normalized spacial score (nSPS) is 11.7. The maximum absolute atomic E-state index is 12.2. The molecule has 4 heterocycles. The van der Waals surface area contributed by atoms with Crippen molar-refractivity contribution in [3.8, 4) is 0 Å². The van der Waals surface area contributed by atoms with Gasteiger partial charge in [-0.25, -0.2) is 9.78 Å². The summed E-state index contributed by atoms with van der Waals surface area (Å²) in [5.41, 5.74) is 3.90. The molecule has 4 aromatic rings. The first-order valence-corrected chi connectivity index (χ1v) is 10.3. The molecule has 0 fully saturated rings. The van der Waals surface area contributed by atoms with Crippen LogP contribution in [-0.2, 0) is 0 Å². The largest absolute Gasteiger partial charge is 0.331 e. The minimum absolute atomic E-state index is 0.103. The van der Waals surface area contributed by atoms with Crippen molar-refractivity contribution in [2.75, 3.05) is 19.4 Å². The Kier molecular flexibility index (Phi) is 6.46. The third kappa shape index (κ3) is 4.78. The van der Waals surface area contributed by atoms with E-state index in [4.69, 9.17) is 4.98 Å². The lowest BCUT2D eigenvalue weighted by atomic mass is 9.76. The van der Waals surface area contributed by atoms with Gasteiger partial charge in [-0.15, -0.1) is 0 Å². The van der Waals surface area contributed by atoms with Gasteiger partial charge in [-0.05, 0) is 47.0 Å². The highest BCUT2D eigenvalue weighted by Gasteiger charge is 2.30. The van der Waals surface area contributed by atoms with Crippen molar-refractivity contribution < 1.29 is 4.79 Å². The molecule has 1 N–H and O–H groups in total. The SMILES string of the molecule is CN(C)C(=O)Nc1cccc(C(c2cccnc2)C(c2cccnc2)c2cccnc2)n1. The first-order valence-electron chi connectivity index (χ1n) is 10.3. The lowest BCUT2D eigenvalue weighted by Crippen LogP contribution is -2.28. The Morgan fingerprint density at radius 2 is 1.28 bits per heavy atom. The average Bonchev–Trinajstić information content (AvgIpc) is 2.84. The Hall–Kier alpha value is -4.13. The number of carbonyl (C=O) groups excluding carboxylic acids is 1. The molecule has 0 aliphatic heterocycles. The summed E-state index contributed by atoms with van der Waals surface area (Å²) in [6.07, 6.45) is 10.9. The zero-order valence-electron chi connectivity index (χ0n) is 18.0. The molecule has 0 aromatic carbocycles. The van der Waals surface area contributed by atoms with E-state index in [1.54, 1.807) is 38.8 Å². The molecule has 4 aromatic heterocycles. The number of urea groups is 1. The molecule has 32 heavy (non-hydrogen) atoms. The number of hydrogen-bond donors (Lipinski definition) is 1. The maximum Gasteiger partial charge on any atom is 0.322 e. The van der Waals surface area contributed by atoms with E-state index < -0.39 is 0 Å². The van der Waals surface area contributed by atoms with Crippen LogP contribution in [0.4, 0.5) is 10.6 Å². The quantitative estimate of drug-likeness (QED) is 0.498. The smallest absolute Gasteiger partial charge is 0.322 e. The summed E-state index contributed by atoms with van der Waals surface area (Å²) >= 11 is 0. The molecule has 0 aliphatic rings. The molecule has 160 valence electrons. The highest BCUT2D eigenvalue weighted by Crippen LogP contribution is 2.41. The van der Waals surface area contributed by atoms with Gasteiger partial charge < -0.3 is 4.90 Å². The molecule has 0 bridgehead atoms. The van der Waals surface area contributed by atoms with Gasteiger partial charge in [0, 0.05) is 63.1 Å². The average molecular weight is 425 g/mol. The van der Waals surface area contributed by atoms with E-state index >= 15 is 0 Å². The molecule has 1 atom stereocenters. The molecular formula is C25H24N6O. The van der Waals surface area contributed by atoms with Crippen LogP contribution >= 0.6 is 0 Å². The second kappa shape index (κ2) is 9.78. The number of pyridine rings is 4. The van der Waals surface area contributed by atoms with Crippen LogP contribution in [0.25, 0.3) is 0 Å². The third-order valence-electron chi connectivity index (χ3n) is 5.19. The van der Waals surface area contributed by atoms with Gasteiger partial charge in [0.15, 0.2) is 0 Å². The van der Waals surface area contributed by atoms with Crippen molar-refractivity contribution in [1.29, 1.82) is 0 Å². The Labute approximate surface area is 187 Å². The molecule has 0 spiro atoms. The minimum Gasteiger partial charge on any atom is -0.331 e. The van der Waals surface area contributed by atoms with Crippen LogP contribution in [0.2, 0.25) is 0 Å². The minimum atomic E-state index is -0.233. The number of nitrogens with one attached hydrogen (secondary N) is 1. The Bertz CT molecular complexity index is 1110. The first kappa shape index (κ1) is 21.1. The lowest BCUT2D eigenvalue weighted by molar-refractivity contribution is 0.230. The summed E-state index contributed by atoms with van der Waals surface area (Å²) in [5.74, 6) is 0.216. The molecular weight excluding hydrogens is 400 g/mol. The summed E-state index contributed by atoms with van der Waals surface area (Å²) in [4.78, 5) is 31.6. The van der Waals surface area contributed by atoms with Gasteiger partial charge in [0.1, 0.15) is 5.82 Å². The fraction of sp³-hybridized carbons (Fsp3) is 0.160. The van der Waals surface area contributed by atoms with Crippen molar-refractivity contribution in [1.82, 2.24) is 24.8 Å². The highest BCUT2D eigenvalue weighted by molar-refractivity contribution is 5.87. The van der Waals surface area contributed by atoms with Crippen molar-refractivity contribution in [2.24, 2.45) is 0 Å². The van der Waals surface area contributed by atoms with E-state index in [1.165, 1.54) is 4.90 Å². The number of anilines is 1. The fourth-order valence-electron chi connectivity index (χ4n) is 3.71. The first-order chi connectivity index (χ1) is 15.6. The summed E-state index contributed by atoms with van der Waals surface area (Å²) in [6.45, 7) is 0. The summed E-state index contributed by atoms with van der Waals surface area (Å²) < 4.78 is 0. The Morgan fingerprint density at radius 3 is 1.75 bits per heavy atom. The van der Waals surface area contributed by atoms with Crippen molar-refractivity contribution in [3.05, 3.63) is 114 Å². The topological polar surface area (TPSA) is 83.9 Å². The molecule has 7 nitrogen and oxygen atoms in total. The van der Waals surface area contributed by atoms with Gasteiger partial charge in [-0.3, -0.25) is 20.3 Å². The molecule has 0 saturated heterocycles. The summed E-state index contributed by atoms with van der Waals surface area (Å²) in [5, 5.41) is 2.84. The van der Waals surface area contributed by atoms with E-state index in [0.717, 1.165) is 22.4 Å². The van der Waals surface area contributed by atoms with Crippen LogP contribution in [0.15, 0.2) is 91.8 Å². The monoisotopic (exact) mass is 424 g/mol. The molecule has 0 radical (unpaired) electrons. The predicted octanol–water partition coefficient (Wildman–Crippen LogP) is 4.32. The van der Waals surface area contributed by atoms with Gasteiger partial charge >= 0.3 is 6.03 Å². The van der Waals surface area contributed by atoms with Crippen LogP contribution < -0.4 is 5.32 Å². The van der Waals surface area contributed by atoms with Gasteiger partial charge in [-0.1, -0.05) is 24.3 Å². The number of aromatic nitrogens is 4. The maximum atomic E-state index is 12.2. The second-order valence-electron chi connectivity index (χ2n) is 7.59. The third-order valence-corrected chi connectivity index (χ3v) is 5.19. The lowest BCUT2D eigenvalue weighted by Gasteiger charge is -2.28. The van der Waals surface area contributed by atoms with E-state index in [9.17, 15) is 4.79 Å². The zero-order valence-corrected chi connectivity index (χ0v) is 18.0. The molecule has 4 rings (SSSR count). The number of carbonyl (C=O) groups is 1. The standard InChI is InChI=1S/C25H24N6O/c1-31(2)25(32)30-22-11-3-10-21(29-22)24(20-9-6-14-28-17-20)23(18-7-4-12-26-15-18)19-8-5-13-27-16-19/h3-17,23-24H,1-2H3,(H,29,30,32). The predicted molar refractivity (Wildman–Crippen MR) is 123 cm³/mol. The number of hydrogen-bond acceptors (Lipinski definition) is 5. The van der Waals surface area contributed by atoms with Crippen LogP contribution in [0.5, 0.6) is 0 Å². The van der Waals surface area contributed by atoms with E-state index in [-0.39, 0.29) is 17.9 Å².